The van der Waals surface area contributed by atoms with Crippen LogP contribution in [0.15, 0.2) is 65.6 Å². The number of benzene rings is 3. The first-order chi connectivity index (χ1) is 20.3. The molecular weight excluding hydrogens is 562 g/mol. The Kier molecular flexibility index (Phi) is 8.63. The normalized spacial score (nSPS) is 15.0. The molecule has 3 aromatic carbocycles. The van der Waals surface area contributed by atoms with E-state index < -0.39 is 23.6 Å². The molecule has 5 rings (SSSR count). The summed E-state index contributed by atoms with van der Waals surface area (Å²) in [6.07, 6.45) is 1.53. The Hall–Kier alpha value is -4.97. The summed E-state index contributed by atoms with van der Waals surface area (Å²) >= 11 is 0.734. The van der Waals surface area contributed by atoms with Gasteiger partial charge in [-0.1, -0.05) is 18.2 Å². The van der Waals surface area contributed by atoms with Gasteiger partial charge in [0.2, 0.25) is 5.91 Å². The molecular formula is C30H27N3O8S. The Balaban J connectivity index is 1.19. The van der Waals surface area contributed by atoms with Gasteiger partial charge in [-0.25, -0.2) is 0 Å². The molecule has 12 heteroatoms. The van der Waals surface area contributed by atoms with Crippen LogP contribution in [0.5, 0.6) is 23.0 Å². The molecule has 0 bridgehead atoms. The molecule has 2 aliphatic rings. The molecule has 0 saturated carbocycles. The minimum atomic E-state index is -0.588. The molecule has 3 aromatic rings. The maximum atomic E-state index is 13.0. The van der Waals surface area contributed by atoms with E-state index in [9.17, 15) is 19.2 Å². The van der Waals surface area contributed by atoms with Crippen LogP contribution < -0.4 is 29.6 Å². The van der Waals surface area contributed by atoms with Gasteiger partial charge in [-0.15, -0.1) is 0 Å². The first-order valence-electron chi connectivity index (χ1n) is 12.9. The molecule has 1 fully saturated rings. The van der Waals surface area contributed by atoms with Crippen molar-refractivity contribution in [3.8, 4) is 23.0 Å². The van der Waals surface area contributed by atoms with Gasteiger partial charge in [0.1, 0.15) is 19.8 Å². The van der Waals surface area contributed by atoms with E-state index in [0.717, 1.165) is 22.2 Å². The molecule has 0 aliphatic carbocycles. The highest BCUT2D eigenvalue weighted by Gasteiger charge is 2.36. The van der Waals surface area contributed by atoms with E-state index in [1.54, 1.807) is 42.5 Å². The molecule has 216 valence electrons. The van der Waals surface area contributed by atoms with Crippen LogP contribution in [0.2, 0.25) is 0 Å². The van der Waals surface area contributed by atoms with Gasteiger partial charge in [0.25, 0.3) is 17.1 Å². The minimum absolute atomic E-state index is 0.153. The molecule has 0 spiro atoms. The molecule has 0 atom stereocenters. The predicted molar refractivity (Wildman–Crippen MR) is 157 cm³/mol. The zero-order valence-corrected chi connectivity index (χ0v) is 23.6. The lowest BCUT2D eigenvalue weighted by atomic mass is 10.2. The maximum absolute atomic E-state index is 13.0. The molecule has 2 heterocycles. The van der Waals surface area contributed by atoms with Gasteiger partial charge in [-0.05, 0) is 72.3 Å². The van der Waals surface area contributed by atoms with Crippen LogP contribution in [0, 0.1) is 6.92 Å². The van der Waals surface area contributed by atoms with Gasteiger partial charge < -0.3 is 29.6 Å². The number of fused-ring (bicyclic) bond motifs is 1. The summed E-state index contributed by atoms with van der Waals surface area (Å²) in [6.45, 7) is 2.10. The first kappa shape index (κ1) is 28.6. The Morgan fingerprint density at radius 2 is 1.69 bits per heavy atom. The number of imide groups is 1. The van der Waals surface area contributed by atoms with E-state index >= 15 is 0 Å². The van der Waals surface area contributed by atoms with Gasteiger partial charge in [0.15, 0.2) is 29.6 Å². The van der Waals surface area contributed by atoms with Crippen LogP contribution >= 0.6 is 11.8 Å². The number of ether oxygens (including phenoxy) is 4. The molecule has 42 heavy (non-hydrogen) atoms. The van der Waals surface area contributed by atoms with Crippen molar-refractivity contribution < 1.29 is 38.1 Å². The molecule has 1 saturated heterocycles. The van der Waals surface area contributed by atoms with Crippen molar-refractivity contribution in [2.75, 3.05) is 44.1 Å². The number of carbonyl (C=O) groups is 4. The summed E-state index contributed by atoms with van der Waals surface area (Å²) in [5.41, 5.74) is 2.70. The summed E-state index contributed by atoms with van der Waals surface area (Å²) in [5, 5.41) is 4.89. The number of thioether (sulfide) groups is 1. The summed E-state index contributed by atoms with van der Waals surface area (Å²) < 4.78 is 22.0. The number of hydrogen-bond acceptors (Lipinski definition) is 9. The SMILES string of the molecule is COc1cc(/C=C2/SC(=O)N(CC(=O)Nc3ccc4c(c3)OCCO4)C2=O)ccc1OCC(=O)Nc1cccc(C)c1. The van der Waals surface area contributed by atoms with Gasteiger partial charge in [-0.2, -0.15) is 0 Å². The third-order valence-corrected chi connectivity index (χ3v) is 7.05. The summed E-state index contributed by atoms with van der Waals surface area (Å²) in [5.74, 6) is 0.293. The lowest BCUT2D eigenvalue weighted by Crippen LogP contribution is -2.36. The Morgan fingerprint density at radius 1 is 0.929 bits per heavy atom. The van der Waals surface area contributed by atoms with Crippen LogP contribution in [0.4, 0.5) is 16.2 Å². The summed E-state index contributed by atoms with van der Waals surface area (Å²) in [6, 6.07) is 17.3. The zero-order chi connectivity index (χ0) is 29.6. The van der Waals surface area contributed by atoms with Crippen molar-refractivity contribution in [3.63, 3.8) is 0 Å². The smallest absolute Gasteiger partial charge is 0.294 e. The number of carbonyl (C=O) groups excluding carboxylic acids is 4. The van der Waals surface area contributed by atoms with Crippen molar-refractivity contribution in [1.82, 2.24) is 4.90 Å². The van der Waals surface area contributed by atoms with Crippen LogP contribution in [0.25, 0.3) is 6.08 Å². The average molecular weight is 590 g/mol. The number of anilines is 2. The van der Waals surface area contributed by atoms with E-state index in [1.807, 2.05) is 25.1 Å². The third kappa shape index (κ3) is 6.84. The highest BCUT2D eigenvalue weighted by molar-refractivity contribution is 8.18. The average Bonchev–Trinajstić information content (AvgIpc) is 3.23. The fourth-order valence-corrected chi connectivity index (χ4v) is 5.05. The molecule has 0 radical (unpaired) electrons. The number of aryl methyl sites for hydroxylation is 1. The van der Waals surface area contributed by atoms with E-state index in [2.05, 4.69) is 10.6 Å². The van der Waals surface area contributed by atoms with Gasteiger partial charge in [-0.3, -0.25) is 24.1 Å². The molecule has 0 aromatic heterocycles. The second-order valence-corrected chi connectivity index (χ2v) is 10.3. The van der Waals surface area contributed by atoms with Crippen molar-refractivity contribution >= 4 is 52.2 Å². The molecule has 0 unspecified atom stereocenters. The number of methoxy groups -OCH3 is 1. The van der Waals surface area contributed by atoms with E-state index in [4.69, 9.17) is 18.9 Å². The Bertz CT molecular complexity index is 1590. The molecule has 2 aliphatic heterocycles. The lowest BCUT2D eigenvalue weighted by Gasteiger charge is -2.19. The monoisotopic (exact) mass is 589 g/mol. The highest BCUT2D eigenvalue weighted by atomic mass is 32.2. The van der Waals surface area contributed by atoms with Gasteiger partial charge in [0, 0.05) is 17.4 Å². The lowest BCUT2D eigenvalue weighted by molar-refractivity contribution is -0.127. The highest BCUT2D eigenvalue weighted by Crippen LogP contribution is 2.35. The summed E-state index contributed by atoms with van der Waals surface area (Å²) in [4.78, 5) is 51.5. The topological polar surface area (TPSA) is 133 Å². The summed E-state index contributed by atoms with van der Waals surface area (Å²) in [7, 11) is 1.45. The Morgan fingerprint density at radius 3 is 2.48 bits per heavy atom. The molecule has 4 amide bonds. The number of amides is 4. The largest absolute Gasteiger partial charge is 0.493 e. The zero-order valence-electron chi connectivity index (χ0n) is 22.8. The number of nitrogens with zero attached hydrogens (tertiary/aromatic N) is 1. The van der Waals surface area contributed by atoms with Crippen molar-refractivity contribution in [1.29, 1.82) is 0 Å². The van der Waals surface area contributed by atoms with Crippen LogP contribution in [0.3, 0.4) is 0 Å². The first-order valence-corrected chi connectivity index (χ1v) is 13.7. The molecule has 11 nitrogen and oxygen atoms in total. The number of nitrogens with one attached hydrogen (secondary N) is 2. The fraction of sp³-hybridized carbons (Fsp3) is 0.200. The van der Waals surface area contributed by atoms with Crippen molar-refractivity contribution in [3.05, 3.63) is 76.7 Å². The Labute approximate surface area is 245 Å². The van der Waals surface area contributed by atoms with Gasteiger partial charge >= 0.3 is 0 Å². The van der Waals surface area contributed by atoms with E-state index in [1.165, 1.54) is 13.2 Å². The van der Waals surface area contributed by atoms with Crippen LogP contribution in [0.1, 0.15) is 11.1 Å². The number of rotatable bonds is 9. The van der Waals surface area contributed by atoms with E-state index in [0.29, 0.717) is 53.2 Å². The van der Waals surface area contributed by atoms with Crippen LogP contribution in [-0.2, 0) is 14.4 Å². The fourth-order valence-electron chi connectivity index (χ4n) is 4.21. The standard InChI is InChI=1S/C30H27N3O8S/c1-18-4-3-5-20(12-18)32-28(35)17-41-22-8-6-19(13-24(22)38-2)14-26-29(36)33(30(37)42-26)16-27(34)31-21-7-9-23-25(15-21)40-11-10-39-23/h3-9,12-15H,10-11,16-17H2,1-2H3,(H,31,34)(H,32,35)/b26-14+. The minimum Gasteiger partial charge on any atom is -0.493 e. The quantitative estimate of drug-likeness (QED) is 0.347. The predicted octanol–water partition coefficient (Wildman–Crippen LogP) is 4.47. The molecule has 2 N–H and O–H groups in total. The van der Waals surface area contributed by atoms with Crippen molar-refractivity contribution in [2.24, 2.45) is 0 Å². The second kappa shape index (κ2) is 12.7. The maximum Gasteiger partial charge on any atom is 0.294 e. The van der Waals surface area contributed by atoms with Crippen molar-refractivity contribution in [2.45, 2.75) is 6.92 Å². The third-order valence-electron chi connectivity index (χ3n) is 6.15. The van der Waals surface area contributed by atoms with E-state index in [-0.39, 0.29) is 17.4 Å². The van der Waals surface area contributed by atoms with Crippen LogP contribution in [-0.4, -0.2) is 61.3 Å². The second-order valence-electron chi connectivity index (χ2n) is 9.29. The van der Waals surface area contributed by atoms with Gasteiger partial charge in [0.05, 0.1) is 12.0 Å². The number of hydrogen-bond donors (Lipinski definition) is 2.